The number of carbonyl (C=O) groups excluding carboxylic acids is 1. The van der Waals surface area contributed by atoms with Gasteiger partial charge in [0.15, 0.2) is 0 Å². The van der Waals surface area contributed by atoms with Gasteiger partial charge in [-0.3, -0.25) is 9.78 Å². The zero-order valence-electron chi connectivity index (χ0n) is 12.5. The van der Waals surface area contributed by atoms with E-state index in [1.807, 2.05) is 24.1 Å². The predicted octanol–water partition coefficient (Wildman–Crippen LogP) is 2.37. The van der Waals surface area contributed by atoms with Crippen LogP contribution in [0.1, 0.15) is 44.2 Å². The smallest absolute Gasteiger partial charge is 0.226 e. The Morgan fingerprint density at radius 3 is 2.70 bits per heavy atom. The third kappa shape index (κ3) is 3.18. The van der Waals surface area contributed by atoms with Crippen molar-refractivity contribution in [2.24, 2.45) is 17.6 Å². The second-order valence-electron chi connectivity index (χ2n) is 5.79. The van der Waals surface area contributed by atoms with Crippen molar-refractivity contribution < 1.29 is 4.79 Å². The summed E-state index contributed by atoms with van der Waals surface area (Å²) >= 11 is 0. The molecule has 20 heavy (non-hydrogen) atoms. The number of pyridine rings is 1. The second-order valence-corrected chi connectivity index (χ2v) is 5.79. The molecule has 2 N–H and O–H groups in total. The third-order valence-electron chi connectivity index (χ3n) is 4.65. The van der Waals surface area contributed by atoms with Crippen molar-refractivity contribution >= 4 is 5.91 Å². The molecule has 2 rings (SSSR count). The van der Waals surface area contributed by atoms with E-state index in [-0.39, 0.29) is 17.9 Å². The highest BCUT2D eigenvalue weighted by molar-refractivity contribution is 5.79. The highest BCUT2D eigenvalue weighted by Crippen LogP contribution is 2.32. The van der Waals surface area contributed by atoms with Gasteiger partial charge in [0.2, 0.25) is 5.91 Å². The Kier molecular flexibility index (Phi) is 5.12. The van der Waals surface area contributed by atoms with Gasteiger partial charge in [0, 0.05) is 25.4 Å². The molecule has 1 amide bonds. The zero-order valence-corrected chi connectivity index (χ0v) is 12.5. The number of hydrogen-bond donors (Lipinski definition) is 1. The number of rotatable bonds is 4. The summed E-state index contributed by atoms with van der Waals surface area (Å²) < 4.78 is 0. The molecule has 3 unspecified atom stereocenters. The van der Waals surface area contributed by atoms with Gasteiger partial charge in [-0.05, 0) is 49.9 Å². The molecule has 4 heteroatoms. The SMILES string of the molecule is CC(c1ccncc1)N(C)C(=O)C1CCCCC1CN. The van der Waals surface area contributed by atoms with Crippen LogP contribution < -0.4 is 5.73 Å². The minimum absolute atomic E-state index is 0.0749. The average molecular weight is 275 g/mol. The molecule has 110 valence electrons. The van der Waals surface area contributed by atoms with Crippen LogP contribution in [0.5, 0.6) is 0 Å². The summed E-state index contributed by atoms with van der Waals surface area (Å²) in [7, 11) is 1.90. The lowest BCUT2D eigenvalue weighted by atomic mass is 9.78. The lowest BCUT2D eigenvalue weighted by molar-refractivity contribution is -0.139. The van der Waals surface area contributed by atoms with E-state index in [0.717, 1.165) is 24.8 Å². The summed E-state index contributed by atoms with van der Waals surface area (Å²) in [6.07, 6.45) is 7.96. The molecule has 1 heterocycles. The largest absolute Gasteiger partial charge is 0.339 e. The number of carbonyl (C=O) groups is 1. The van der Waals surface area contributed by atoms with Crippen molar-refractivity contribution in [3.05, 3.63) is 30.1 Å². The molecule has 1 aliphatic carbocycles. The van der Waals surface area contributed by atoms with E-state index in [1.54, 1.807) is 12.4 Å². The number of hydrogen-bond acceptors (Lipinski definition) is 3. The number of amides is 1. The van der Waals surface area contributed by atoms with Gasteiger partial charge in [0.1, 0.15) is 0 Å². The van der Waals surface area contributed by atoms with Crippen LogP contribution in [0.2, 0.25) is 0 Å². The minimum Gasteiger partial charge on any atom is -0.339 e. The second kappa shape index (κ2) is 6.84. The Morgan fingerprint density at radius 1 is 1.40 bits per heavy atom. The predicted molar refractivity (Wildman–Crippen MR) is 79.9 cm³/mol. The van der Waals surface area contributed by atoms with Crippen LogP contribution in [0.4, 0.5) is 0 Å². The molecule has 4 nitrogen and oxygen atoms in total. The van der Waals surface area contributed by atoms with E-state index in [4.69, 9.17) is 5.73 Å². The van der Waals surface area contributed by atoms with Crippen molar-refractivity contribution in [3.8, 4) is 0 Å². The van der Waals surface area contributed by atoms with Crippen LogP contribution in [0.3, 0.4) is 0 Å². The summed E-state index contributed by atoms with van der Waals surface area (Å²) in [5, 5.41) is 0. The minimum atomic E-state index is 0.0749. The van der Waals surface area contributed by atoms with Gasteiger partial charge >= 0.3 is 0 Å². The number of aromatic nitrogens is 1. The van der Waals surface area contributed by atoms with E-state index < -0.39 is 0 Å². The first-order valence-corrected chi connectivity index (χ1v) is 7.51. The quantitative estimate of drug-likeness (QED) is 0.917. The van der Waals surface area contributed by atoms with Crippen molar-refractivity contribution in [2.45, 2.75) is 38.6 Å². The lowest BCUT2D eigenvalue weighted by Gasteiger charge is -2.35. The molecule has 1 aliphatic rings. The van der Waals surface area contributed by atoms with Crippen LogP contribution in [-0.2, 0) is 4.79 Å². The van der Waals surface area contributed by atoms with Crippen LogP contribution in [0.25, 0.3) is 0 Å². The first-order valence-electron chi connectivity index (χ1n) is 7.51. The van der Waals surface area contributed by atoms with Gasteiger partial charge in [-0.15, -0.1) is 0 Å². The molecule has 0 aliphatic heterocycles. The highest BCUT2D eigenvalue weighted by atomic mass is 16.2. The lowest BCUT2D eigenvalue weighted by Crippen LogP contribution is -2.41. The van der Waals surface area contributed by atoms with E-state index >= 15 is 0 Å². The topological polar surface area (TPSA) is 59.2 Å². The van der Waals surface area contributed by atoms with Crippen LogP contribution >= 0.6 is 0 Å². The highest BCUT2D eigenvalue weighted by Gasteiger charge is 2.33. The molecule has 0 spiro atoms. The average Bonchev–Trinajstić information content (AvgIpc) is 2.53. The standard InChI is InChI=1S/C16H25N3O/c1-12(13-7-9-18-10-8-13)19(2)16(20)15-6-4-3-5-14(15)11-17/h7-10,12,14-15H,3-6,11,17H2,1-2H3. The maximum absolute atomic E-state index is 12.7. The summed E-state index contributed by atoms with van der Waals surface area (Å²) in [6.45, 7) is 2.68. The Labute approximate surface area is 121 Å². The molecule has 3 atom stereocenters. The molecular formula is C16H25N3O. The normalized spacial score (nSPS) is 24.1. The number of nitrogens with two attached hydrogens (primary N) is 1. The molecule has 1 saturated carbocycles. The first-order chi connectivity index (χ1) is 9.65. The van der Waals surface area contributed by atoms with Crippen molar-refractivity contribution in [1.82, 2.24) is 9.88 Å². The van der Waals surface area contributed by atoms with Crippen LogP contribution in [-0.4, -0.2) is 29.4 Å². The molecule has 0 saturated heterocycles. The monoisotopic (exact) mass is 275 g/mol. The van der Waals surface area contributed by atoms with Gasteiger partial charge in [0.25, 0.3) is 0 Å². The summed E-state index contributed by atoms with van der Waals surface area (Å²) in [5.74, 6) is 0.691. The molecule has 0 bridgehead atoms. The van der Waals surface area contributed by atoms with E-state index in [1.165, 1.54) is 6.42 Å². The molecule has 1 fully saturated rings. The van der Waals surface area contributed by atoms with Gasteiger partial charge in [0.05, 0.1) is 6.04 Å². The maximum Gasteiger partial charge on any atom is 0.226 e. The molecule has 1 aromatic rings. The molecule has 0 aromatic carbocycles. The fraction of sp³-hybridized carbons (Fsp3) is 0.625. The van der Waals surface area contributed by atoms with Gasteiger partial charge in [-0.1, -0.05) is 12.8 Å². The Bertz CT molecular complexity index is 435. The first kappa shape index (κ1) is 15.0. The molecule has 0 radical (unpaired) electrons. The van der Waals surface area contributed by atoms with E-state index in [2.05, 4.69) is 11.9 Å². The van der Waals surface area contributed by atoms with Gasteiger partial charge in [-0.25, -0.2) is 0 Å². The van der Waals surface area contributed by atoms with Gasteiger partial charge < -0.3 is 10.6 Å². The van der Waals surface area contributed by atoms with Crippen molar-refractivity contribution in [3.63, 3.8) is 0 Å². The zero-order chi connectivity index (χ0) is 14.5. The Balaban J connectivity index is 2.07. The molecular weight excluding hydrogens is 250 g/mol. The van der Waals surface area contributed by atoms with E-state index in [0.29, 0.717) is 12.5 Å². The summed E-state index contributed by atoms with van der Waals surface area (Å²) in [6, 6.07) is 4.01. The third-order valence-corrected chi connectivity index (χ3v) is 4.65. The fourth-order valence-corrected chi connectivity index (χ4v) is 3.13. The summed E-state index contributed by atoms with van der Waals surface area (Å²) in [5.41, 5.74) is 6.96. The van der Waals surface area contributed by atoms with E-state index in [9.17, 15) is 4.79 Å². The Morgan fingerprint density at radius 2 is 2.05 bits per heavy atom. The molecule has 1 aromatic heterocycles. The maximum atomic E-state index is 12.7. The Hall–Kier alpha value is -1.42. The number of nitrogens with zero attached hydrogens (tertiary/aromatic N) is 2. The van der Waals surface area contributed by atoms with Gasteiger partial charge in [-0.2, -0.15) is 0 Å². The van der Waals surface area contributed by atoms with Crippen LogP contribution in [0, 0.1) is 11.8 Å². The fourth-order valence-electron chi connectivity index (χ4n) is 3.13. The summed E-state index contributed by atoms with van der Waals surface area (Å²) in [4.78, 5) is 18.6. The van der Waals surface area contributed by atoms with Crippen molar-refractivity contribution in [2.75, 3.05) is 13.6 Å². The van der Waals surface area contributed by atoms with Crippen LogP contribution in [0.15, 0.2) is 24.5 Å². The van der Waals surface area contributed by atoms with Crippen molar-refractivity contribution in [1.29, 1.82) is 0 Å².